The molecule has 2 nitrogen and oxygen atoms in total. The first kappa shape index (κ1) is 9.46. The van der Waals surface area contributed by atoms with Gasteiger partial charge in [-0.25, -0.2) is 0 Å². The Morgan fingerprint density at radius 1 is 0.867 bits per heavy atom. The van der Waals surface area contributed by atoms with Gasteiger partial charge in [-0.15, -0.1) is 0 Å². The number of hydrogen-bond donors (Lipinski definition) is 0. The van der Waals surface area contributed by atoms with Gasteiger partial charge in [0.2, 0.25) is 0 Å². The van der Waals surface area contributed by atoms with Crippen molar-refractivity contribution in [1.29, 1.82) is 0 Å². The standard InChI is InChI=1S/C13H10NO/c14-13(15)12-9-5-4-8-11(12)10-6-2-1-3-7-10/h1-9,14H. The molecule has 0 saturated heterocycles. The Labute approximate surface area is 88.4 Å². The minimum absolute atomic E-state index is 0.448. The topological polar surface area (TPSA) is 40.9 Å². The maximum absolute atomic E-state index is 11.1. The smallest absolute Gasteiger partial charge is 0.267 e. The van der Waals surface area contributed by atoms with E-state index in [1.54, 1.807) is 12.1 Å². The summed E-state index contributed by atoms with van der Waals surface area (Å²) in [6.07, 6.45) is 0. The third-order valence-corrected chi connectivity index (χ3v) is 2.26. The quantitative estimate of drug-likeness (QED) is 0.728. The van der Waals surface area contributed by atoms with Gasteiger partial charge in [0.05, 0.1) is 0 Å². The average molecular weight is 196 g/mol. The fourth-order valence-electron chi connectivity index (χ4n) is 1.55. The van der Waals surface area contributed by atoms with E-state index in [1.807, 2.05) is 42.5 Å². The lowest BCUT2D eigenvalue weighted by molar-refractivity contribution is 0.0992. The molecule has 2 heteroatoms. The fourth-order valence-corrected chi connectivity index (χ4v) is 1.55. The molecule has 0 saturated carbocycles. The van der Waals surface area contributed by atoms with Crippen molar-refractivity contribution in [2.75, 3.05) is 0 Å². The average Bonchev–Trinajstić information content (AvgIpc) is 2.30. The third-order valence-electron chi connectivity index (χ3n) is 2.26. The number of carbonyl (C=O) groups is 1. The lowest BCUT2D eigenvalue weighted by atomic mass is 9.99. The zero-order chi connectivity index (χ0) is 10.7. The molecule has 0 atom stereocenters. The van der Waals surface area contributed by atoms with Crippen LogP contribution in [0, 0.1) is 0 Å². The van der Waals surface area contributed by atoms with Gasteiger partial charge in [0, 0.05) is 5.56 Å². The SMILES string of the molecule is [NH]C(=O)c1ccccc1-c1ccccc1. The fraction of sp³-hybridized carbons (Fsp3) is 0. The molecule has 0 spiro atoms. The molecule has 2 aromatic rings. The molecular formula is C13H10NO. The van der Waals surface area contributed by atoms with E-state index < -0.39 is 5.91 Å². The molecule has 2 rings (SSSR count). The molecule has 1 radical (unpaired) electrons. The van der Waals surface area contributed by atoms with E-state index in [2.05, 4.69) is 0 Å². The molecular weight excluding hydrogens is 186 g/mol. The van der Waals surface area contributed by atoms with Crippen LogP contribution in [0.1, 0.15) is 10.4 Å². The minimum atomic E-state index is -0.644. The second-order valence-corrected chi connectivity index (χ2v) is 3.24. The van der Waals surface area contributed by atoms with Gasteiger partial charge in [0.1, 0.15) is 0 Å². The van der Waals surface area contributed by atoms with Gasteiger partial charge in [0.25, 0.3) is 5.91 Å². The number of nitrogens with one attached hydrogen (secondary N) is 1. The molecule has 0 unspecified atom stereocenters. The van der Waals surface area contributed by atoms with Crippen LogP contribution in [0.5, 0.6) is 0 Å². The first-order valence-electron chi connectivity index (χ1n) is 4.69. The zero-order valence-electron chi connectivity index (χ0n) is 8.10. The van der Waals surface area contributed by atoms with Gasteiger partial charge in [-0.1, -0.05) is 48.5 Å². The highest BCUT2D eigenvalue weighted by atomic mass is 16.1. The van der Waals surface area contributed by atoms with Crippen molar-refractivity contribution in [2.45, 2.75) is 0 Å². The molecule has 1 amide bonds. The number of hydrogen-bond acceptors (Lipinski definition) is 1. The van der Waals surface area contributed by atoms with E-state index in [4.69, 9.17) is 5.73 Å². The molecule has 0 bridgehead atoms. The summed E-state index contributed by atoms with van der Waals surface area (Å²) in [4.78, 5) is 11.1. The summed E-state index contributed by atoms with van der Waals surface area (Å²) < 4.78 is 0. The van der Waals surface area contributed by atoms with Crippen molar-refractivity contribution >= 4 is 5.91 Å². The molecule has 0 fully saturated rings. The molecule has 0 heterocycles. The maximum atomic E-state index is 11.1. The summed E-state index contributed by atoms with van der Waals surface area (Å²) in [5.41, 5.74) is 9.40. The molecule has 0 aromatic heterocycles. The van der Waals surface area contributed by atoms with Crippen LogP contribution in [0.25, 0.3) is 11.1 Å². The lowest BCUT2D eigenvalue weighted by Crippen LogP contribution is -2.00. The summed E-state index contributed by atoms with van der Waals surface area (Å²) in [6, 6.07) is 16.8. The van der Waals surface area contributed by atoms with Crippen LogP contribution < -0.4 is 5.73 Å². The highest BCUT2D eigenvalue weighted by Crippen LogP contribution is 2.22. The van der Waals surface area contributed by atoms with Crippen molar-refractivity contribution in [3.05, 3.63) is 60.2 Å². The minimum Gasteiger partial charge on any atom is -0.267 e. The van der Waals surface area contributed by atoms with Crippen LogP contribution in [0.4, 0.5) is 0 Å². The predicted octanol–water partition coefficient (Wildman–Crippen LogP) is 2.78. The molecule has 0 aliphatic heterocycles. The van der Waals surface area contributed by atoms with Crippen molar-refractivity contribution in [1.82, 2.24) is 5.73 Å². The summed E-state index contributed by atoms with van der Waals surface area (Å²) in [5, 5.41) is 0. The van der Waals surface area contributed by atoms with Crippen molar-refractivity contribution in [3.63, 3.8) is 0 Å². The van der Waals surface area contributed by atoms with Crippen LogP contribution in [0.15, 0.2) is 54.6 Å². The lowest BCUT2D eigenvalue weighted by Gasteiger charge is -2.05. The zero-order valence-corrected chi connectivity index (χ0v) is 8.10. The van der Waals surface area contributed by atoms with Crippen LogP contribution in [0.2, 0.25) is 0 Å². The Morgan fingerprint density at radius 2 is 1.47 bits per heavy atom. The number of amides is 1. The molecule has 1 N–H and O–H groups in total. The van der Waals surface area contributed by atoms with Crippen LogP contribution in [-0.2, 0) is 0 Å². The molecule has 0 aliphatic rings. The normalized spacial score (nSPS) is 9.87. The second kappa shape index (κ2) is 3.96. The summed E-state index contributed by atoms with van der Waals surface area (Å²) >= 11 is 0. The van der Waals surface area contributed by atoms with Crippen molar-refractivity contribution in [3.8, 4) is 11.1 Å². The van der Waals surface area contributed by atoms with E-state index in [9.17, 15) is 4.79 Å². The van der Waals surface area contributed by atoms with E-state index in [-0.39, 0.29) is 0 Å². The van der Waals surface area contributed by atoms with Gasteiger partial charge in [-0.3, -0.25) is 10.5 Å². The van der Waals surface area contributed by atoms with E-state index in [0.29, 0.717) is 5.56 Å². The first-order valence-corrected chi connectivity index (χ1v) is 4.69. The summed E-state index contributed by atoms with van der Waals surface area (Å²) in [6.45, 7) is 0. The summed E-state index contributed by atoms with van der Waals surface area (Å²) in [7, 11) is 0. The summed E-state index contributed by atoms with van der Waals surface area (Å²) in [5.74, 6) is -0.644. The van der Waals surface area contributed by atoms with Gasteiger partial charge < -0.3 is 0 Å². The van der Waals surface area contributed by atoms with E-state index >= 15 is 0 Å². The number of rotatable bonds is 2. The van der Waals surface area contributed by atoms with Crippen LogP contribution in [-0.4, -0.2) is 5.91 Å². The van der Waals surface area contributed by atoms with Gasteiger partial charge in [-0.05, 0) is 17.2 Å². The van der Waals surface area contributed by atoms with Crippen LogP contribution in [0.3, 0.4) is 0 Å². The molecule has 73 valence electrons. The maximum Gasteiger partial charge on any atom is 0.270 e. The molecule has 15 heavy (non-hydrogen) atoms. The third kappa shape index (κ3) is 1.89. The van der Waals surface area contributed by atoms with Gasteiger partial charge in [0.15, 0.2) is 0 Å². The van der Waals surface area contributed by atoms with Crippen molar-refractivity contribution < 1.29 is 4.79 Å². The monoisotopic (exact) mass is 196 g/mol. The number of benzene rings is 2. The Balaban J connectivity index is 2.58. The number of carbonyl (C=O) groups excluding carboxylic acids is 1. The Kier molecular flexibility index (Phi) is 2.50. The Morgan fingerprint density at radius 3 is 2.13 bits per heavy atom. The van der Waals surface area contributed by atoms with Gasteiger partial charge in [-0.2, -0.15) is 0 Å². The van der Waals surface area contributed by atoms with E-state index in [0.717, 1.165) is 11.1 Å². The molecule has 0 aliphatic carbocycles. The predicted molar refractivity (Wildman–Crippen MR) is 59.3 cm³/mol. The van der Waals surface area contributed by atoms with Gasteiger partial charge >= 0.3 is 0 Å². The highest BCUT2D eigenvalue weighted by molar-refractivity contribution is 5.99. The van der Waals surface area contributed by atoms with E-state index in [1.165, 1.54) is 0 Å². The largest absolute Gasteiger partial charge is 0.270 e. The molecule has 2 aromatic carbocycles. The Bertz CT molecular complexity index is 477. The van der Waals surface area contributed by atoms with Crippen molar-refractivity contribution in [2.24, 2.45) is 0 Å². The Hall–Kier alpha value is -2.09. The first-order chi connectivity index (χ1) is 7.29. The second-order valence-electron chi connectivity index (χ2n) is 3.24. The highest BCUT2D eigenvalue weighted by Gasteiger charge is 2.08. The van der Waals surface area contributed by atoms with Crippen LogP contribution >= 0.6 is 0 Å².